The summed E-state index contributed by atoms with van der Waals surface area (Å²) < 4.78 is 5.55. The third kappa shape index (κ3) is 4.21. The Bertz CT molecular complexity index is 719. The van der Waals surface area contributed by atoms with E-state index in [9.17, 15) is 10.1 Å². The number of nitro groups is 1. The van der Waals surface area contributed by atoms with Gasteiger partial charge < -0.3 is 15.0 Å². The first-order valence-corrected chi connectivity index (χ1v) is 8.25. The van der Waals surface area contributed by atoms with Gasteiger partial charge in [0.2, 0.25) is 11.6 Å². The van der Waals surface area contributed by atoms with Crippen LogP contribution in [0.25, 0.3) is 0 Å². The van der Waals surface area contributed by atoms with Crippen molar-refractivity contribution in [2.75, 3.05) is 30.4 Å². The molecular weight excluding hydrogens is 322 g/mol. The lowest BCUT2D eigenvalue weighted by Crippen LogP contribution is -2.22. The molecule has 1 fully saturated rings. The fourth-order valence-electron chi connectivity index (χ4n) is 2.89. The van der Waals surface area contributed by atoms with Gasteiger partial charge in [0.1, 0.15) is 6.33 Å². The van der Waals surface area contributed by atoms with Crippen LogP contribution in [0.2, 0.25) is 0 Å². The minimum atomic E-state index is -0.436. The van der Waals surface area contributed by atoms with Gasteiger partial charge in [-0.2, -0.15) is 0 Å². The van der Waals surface area contributed by atoms with E-state index in [2.05, 4.69) is 15.3 Å². The van der Waals surface area contributed by atoms with Gasteiger partial charge in [-0.25, -0.2) is 9.97 Å². The quantitative estimate of drug-likeness (QED) is 0.610. The van der Waals surface area contributed by atoms with Gasteiger partial charge in [0.15, 0.2) is 0 Å². The summed E-state index contributed by atoms with van der Waals surface area (Å²) in [4.78, 5) is 21.1. The molecule has 2 heterocycles. The lowest BCUT2D eigenvalue weighted by molar-refractivity contribution is -0.383. The number of anilines is 2. The summed E-state index contributed by atoms with van der Waals surface area (Å²) in [6, 6.07) is 9.75. The molecule has 0 aliphatic carbocycles. The minimum absolute atomic E-state index is 0.0695. The Balaban J connectivity index is 1.80. The molecule has 1 aliphatic heterocycles. The largest absolute Gasteiger partial charge is 0.376 e. The minimum Gasteiger partial charge on any atom is -0.376 e. The molecule has 0 amide bonds. The summed E-state index contributed by atoms with van der Waals surface area (Å²) in [6.07, 6.45) is 3.39. The molecule has 1 unspecified atom stereocenters. The highest BCUT2D eigenvalue weighted by Gasteiger charge is 2.26. The maximum Gasteiger partial charge on any atom is 0.353 e. The monoisotopic (exact) mass is 343 g/mol. The van der Waals surface area contributed by atoms with Crippen LogP contribution >= 0.6 is 0 Å². The molecule has 1 aromatic heterocycles. The number of hydrogen-bond donors (Lipinski definition) is 1. The standard InChI is InChI=1S/C17H21N5O3/c1-21(11-13-6-3-2-4-7-13)17-15(22(23)24)16(19-12-20-17)18-10-14-8-5-9-25-14/h2-4,6-7,12,14H,5,8-11H2,1H3,(H,18,19,20). The Hall–Kier alpha value is -2.74. The van der Waals surface area contributed by atoms with Crippen LogP contribution in [0.4, 0.5) is 17.3 Å². The first-order valence-electron chi connectivity index (χ1n) is 8.25. The lowest BCUT2D eigenvalue weighted by Gasteiger charge is -2.19. The first-order chi connectivity index (χ1) is 12.1. The smallest absolute Gasteiger partial charge is 0.353 e. The van der Waals surface area contributed by atoms with Gasteiger partial charge >= 0.3 is 5.69 Å². The lowest BCUT2D eigenvalue weighted by atomic mass is 10.2. The average molecular weight is 343 g/mol. The van der Waals surface area contributed by atoms with Gasteiger partial charge in [-0.05, 0) is 18.4 Å². The molecule has 0 saturated carbocycles. The van der Waals surface area contributed by atoms with Gasteiger partial charge in [-0.15, -0.1) is 0 Å². The van der Waals surface area contributed by atoms with Crippen molar-refractivity contribution in [1.82, 2.24) is 9.97 Å². The second kappa shape index (κ2) is 7.89. The van der Waals surface area contributed by atoms with E-state index >= 15 is 0 Å². The maximum absolute atomic E-state index is 11.6. The van der Waals surface area contributed by atoms with E-state index in [1.165, 1.54) is 6.33 Å². The van der Waals surface area contributed by atoms with Crippen molar-refractivity contribution in [3.63, 3.8) is 0 Å². The Morgan fingerprint density at radius 1 is 1.36 bits per heavy atom. The maximum atomic E-state index is 11.6. The van der Waals surface area contributed by atoms with E-state index in [1.807, 2.05) is 30.3 Å². The molecule has 0 spiro atoms. The molecule has 0 bridgehead atoms. The Morgan fingerprint density at radius 3 is 2.84 bits per heavy atom. The number of ether oxygens (including phenoxy) is 1. The first kappa shape index (κ1) is 17.1. The van der Waals surface area contributed by atoms with Crippen LogP contribution in [0.1, 0.15) is 18.4 Å². The van der Waals surface area contributed by atoms with E-state index in [4.69, 9.17) is 4.74 Å². The molecule has 8 heteroatoms. The summed E-state index contributed by atoms with van der Waals surface area (Å²) >= 11 is 0. The van der Waals surface area contributed by atoms with Gasteiger partial charge in [0.05, 0.1) is 11.0 Å². The van der Waals surface area contributed by atoms with Gasteiger partial charge in [-0.1, -0.05) is 30.3 Å². The van der Waals surface area contributed by atoms with Crippen LogP contribution in [0.15, 0.2) is 36.7 Å². The molecule has 25 heavy (non-hydrogen) atoms. The topological polar surface area (TPSA) is 93.4 Å². The van der Waals surface area contributed by atoms with E-state index < -0.39 is 4.92 Å². The fourth-order valence-corrected chi connectivity index (χ4v) is 2.89. The van der Waals surface area contributed by atoms with E-state index in [0.29, 0.717) is 18.9 Å². The molecule has 1 saturated heterocycles. The number of rotatable bonds is 7. The second-order valence-corrected chi connectivity index (χ2v) is 6.01. The second-order valence-electron chi connectivity index (χ2n) is 6.01. The zero-order valence-corrected chi connectivity index (χ0v) is 14.1. The van der Waals surface area contributed by atoms with Crippen molar-refractivity contribution in [2.24, 2.45) is 0 Å². The van der Waals surface area contributed by atoms with Crippen LogP contribution in [0.3, 0.4) is 0 Å². The Morgan fingerprint density at radius 2 is 2.16 bits per heavy atom. The highest BCUT2D eigenvalue weighted by atomic mass is 16.6. The molecule has 1 aromatic carbocycles. The predicted octanol–water partition coefficient (Wildman–Crippen LogP) is 2.61. The summed E-state index contributed by atoms with van der Waals surface area (Å²) in [5.74, 6) is 0.518. The van der Waals surface area contributed by atoms with E-state index in [-0.39, 0.29) is 17.6 Å². The van der Waals surface area contributed by atoms with Crippen molar-refractivity contribution >= 4 is 17.3 Å². The molecule has 132 valence electrons. The van der Waals surface area contributed by atoms with Crippen LogP contribution in [-0.2, 0) is 11.3 Å². The zero-order chi connectivity index (χ0) is 17.6. The van der Waals surface area contributed by atoms with Crippen molar-refractivity contribution in [3.05, 3.63) is 52.3 Å². The third-order valence-corrected chi connectivity index (χ3v) is 4.13. The Labute approximate surface area is 146 Å². The molecular formula is C17H21N5O3. The summed E-state index contributed by atoms with van der Waals surface area (Å²) in [6.45, 7) is 1.76. The number of aromatic nitrogens is 2. The van der Waals surface area contributed by atoms with Crippen LogP contribution in [0.5, 0.6) is 0 Å². The molecule has 0 radical (unpaired) electrons. The highest BCUT2D eigenvalue weighted by Crippen LogP contribution is 2.32. The normalized spacial score (nSPS) is 16.6. The fraction of sp³-hybridized carbons (Fsp3) is 0.412. The predicted molar refractivity (Wildman–Crippen MR) is 94.7 cm³/mol. The van der Waals surface area contributed by atoms with Gasteiger partial charge in [0, 0.05) is 26.7 Å². The zero-order valence-electron chi connectivity index (χ0n) is 14.1. The van der Waals surface area contributed by atoms with Crippen LogP contribution in [-0.4, -0.2) is 41.2 Å². The number of nitrogens with zero attached hydrogens (tertiary/aromatic N) is 4. The van der Waals surface area contributed by atoms with E-state index in [0.717, 1.165) is 25.0 Å². The SMILES string of the molecule is CN(Cc1ccccc1)c1ncnc(NCC2CCCO2)c1[N+](=O)[O-]. The molecule has 1 aliphatic rings. The molecule has 8 nitrogen and oxygen atoms in total. The van der Waals surface area contributed by atoms with Crippen molar-refractivity contribution in [2.45, 2.75) is 25.5 Å². The summed E-state index contributed by atoms with van der Waals surface area (Å²) in [7, 11) is 1.78. The Kier molecular flexibility index (Phi) is 5.39. The molecule has 1 atom stereocenters. The summed E-state index contributed by atoms with van der Waals surface area (Å²) in [5.41, 5.74) is 0.936. The highest BCUT2D eigenvalue weighted by molar-refractivity contribution is 5.70. The van der Waals surface area contributed by atoms with Crippen molar-refractivity contribution < 1.29 is 9.66 Å². The van der Waals surface area contributed by atoms with Crippen molar-refractivity contribution in [1.29, 1.82) is 0 Å². The number of hydrogen-bond acceptors (Lipinski definition) is 7. The van der Waals surface area contributed by atoms with E-state index in [1.54, 1.807) is 11.9 Å². The van der Waals surface area contributed by atoms with Crippen LogP contribution < -0.4 is 10.2 Å². The van der Waals surface area contributed by atoms with Crippen LogP contribution in [0, 0.1) is 10.1 Å². The van der Waals surface area contributed by atoms with Gasteiger partial charge in [0.25, 0.3) is 0 Å². The number of benzene rings is 1. The van der Waals surface area contributed by atoms with Crippen molar-refractivity contribution in [3.8, 4) is 0 Å². The summed E-state index contributed by atoms with van der Waals surface area (Å²) in [5, 5.41) is 14.7. The number of nitrogens with one attached hydrogen (secondary N) is 1. The molecule has 1 N–H and O–H groups in total. The van der Waals surface area contributed by atoms with Gasteiger partial charge in [-0.3, -0.25) is 10.1 Å². The molecule has 2 aromatic rings. The molecule has 3 rings (SSSR count). The average Bonchev–Trinajstić information content (AvgIpc) is 3.14. The third-order valence-electron chi connectivity index (χ3n) is 4.13.